The van der Waals surface area contributed by atoms with Crippen LogP contribution in [-0.2, 0) is 4.79 Å². The molecular formula is C20H23N5OS. The number of aromatic nitrogens is 3. The Morgan fingerprint density at radius 1 is 1.30 bits per heavy atom. The summed E-state index contributed by atoms with van der Waals surface area (Å²) in [6, 6.07) is 12.2. The molecule has 140 valence electrons. The Morgan fingerprint density at radius 2 is 2.22 bits per heavy atom. The third kappa shape index (κ3) is 3.84. The lowest BCUT2D eigenvalue weighted by atomic mass is 9.94. The van der Waals surface area contributed by atoms with Gasteiger partial charge in [-0.15, -0.1) is 0 Å². The van der Waals surface area contributed by atoms with Crippen molar-refractivity contribution in [2.24, 2.45) is 0 Å². The predicted octanol–water partition coefficient (Wildman–Crippen LogP) is 2.97. The van der Waals surface area contributed by atoms with Crippen molar-refractivity contribution in [2.75, 3.05) is 25.9 Å². The van der Waals surface area contributed by atoms with Crippen LogP contribution in [0, 0.1) is 0 Å². The molecule has 1 unspecified atom stereocenters. The SMILES string of the molecule is CSNCC(=O)N1CCCC(c2cccc(-c3cnn4ccccc34)n2)C1. The first-order valence-electron chi connectivity index (χ1n) is 9.19. The van der Waals surface area contributed by atoms with Crippen LogP contribution >= 0.6 is 11.9 Å². The number of pyridine rings is 2. The number of fused-ring (bicyclic) bond motifs is 1. The molecule has 27 heavy (non-hydrogen) atoms. The lowest BCUT2D eigenvalue weighted by Gasteiger charge is -2.32. The third-order valence-corrected chi connectivity index (χ3v) is 5.47. The van der Waals surface area contributed by atoms with Crippen LogP contribution in [0.1, 0.15) is 24.5 Å². The Balaban J connectivity index is 1.56. The smallest absolute Gasteiger partial charge is 0.237 e. The van der Waals surface area contributed by atoms with E-state index in [9.17, 15) is 4.79 Å². The van der Waals surface area contributed by atoms with Gasteiger partial charge in [0.15, 0.2) is 0 Å². The van der Waals surface area contributed by atoms with Crippen LogP contribution in [0.15, 0.2) is 48.8 Å². The maximum atomic E-state index is 12.4. The van der Waals surface area contributed by atoms with E-state index >= 15 is 0 Å². The third-order valence-electron chi connectivity index (χ3n) is 5.03. The van der Waals surface area contributed by atoms with Gasteiger partial charge in [-0.2, -0.15) is 5.10 Å². The number of nitrogens with zero attached hydrogens (tertiary/aromatic N) is 4. The Bertz CT molecular complexity index is 941. The molecule has 1 N–H and O–H groups in total. The summed E-state index contributed by atoms with van der Waals surface area (Å²) >= 11 is 1.47. The lowest BCUT2D eigenvalue weighted by molar-refractivity contribution is -0.131. The minimum Gasteiger partial charge on any atom is -0.341 e. The summed E-state index contributed by atoms with van der Waals surface area (Å²) in [4.78, 5) is 19.2. The molecule has 3 aromatic rings. The summed E-state index contributed by atoms with van der Waals surface area (Å²) in [5.41, 5.74) is 4.07. The van der Waals surface area contributed by atoms with E-state index in [1.54, 1.807) is 0 Å². The molecule has 0 aromatic carbocycles. The monoisotopic (exact) mass is 381 g/mol. The van der Waals surface area contributed by atoms with Gasteiger partial charge in [0.1, 0.15) is 0 Å². The number of likely N-dealkylation sites (tertiary alicyclic amines) is 1. The molecule has 0 bridgehead atoms. The van der Waals surface area contributed by atoms with Gasteiger partial charge in [0.05, 0.1) is 24.0 Å². The first kappa shape index (κ1) is 18.0. The summed E-state index contributed by atoms with van der Waals surface area (Å²) in [5, 5.41) is 4.42. The zero-order chi connectivity index (χ0) is 18.6. The summed E-state index contributed by atoms with van der Waals surface area (Å²) in [7, 11) is 0. The molecule has 1 saturated heterocycles. The number of carbonyl (C=O) groups is 1. The second-order valence-electron chi connectivity index (χ2n) is 6.74. The molecule has 6 nitrogen and oxygen atoms in total. The molecule has 1 fully saturated rings. The Hall–Kier alpha value is -2.38. The normalized spacial score (nSPS) is 17.4. The first-order chi connectivity index (χ1) is 13.3. The van der Waals surface area contributed by atoms with E-state index in [1.165, 1.54) is 11.9 Å². The molecule has 0 aliphatic carbocycles. The van der Waals surface area contributed by atoms with Gasteiger partial charge in [-0.05, 0) is 43.4 Å². The topological polar surface area (TPSA) is 62.5 Å². The van der Waals surface area contributed by atoms with Crippen LogP contribution < -0.4 is 4.72 Å². The Kier molecular flexibility index (Phi) is 5.40. The number of rotatable bonds is 5. The van der Waals surface area contributed by atoms with E-state index in [0.29, 0.717) is 6.54 Å². The molecule has 3 aromatic heterocycles. The van der Waals surface area contributed by atoms with Crippen molar-refractivity contribution in [2.45, 2.75) is 18.8 Å². The number of carbonyl (C=O) groups excluding carboxylic acids is 1. The molecular weight excluding hydrogens is 358 g/mol. The Labute approximate surface area is 163 Å². The summed E-state index contributed by atoms with van der Waals surface area (Å²) in [6.07, 6.45) is 7.81. The summed E-state index contributed by atoms with van der Waals surface area (Å²) in [6.45, 7) is 1.95. The minimum absolute atomic E-state index is 0.160. The van der Waals surface area contributed by atoms with E-state index in [0.717, 1.165) is 48.4 Å². The molecule has 0 spiro atoms. The van der Waals surface area contributed by atoms with E-state index in [-0.39, 0.29) is 11.8 Å². The van der Waals surface area contributed by atoms with Gasteiger partial charge in [0.2, 0.25) is 5.91 Å². The highest BCUT2D eigenvalue weighted by molar-refractivity contribution is 7.96. The van der Waals surface area contributed by atoms with Crippen LogP contribution in [-0.4, -0.2) is 51.3 Å². The van der Waals surface area contributed by atoms with Crippen LogP contribution in [0.3, 0.4) is 0 Å². The zero-order valence-electron chi connectivity index (χ0n) is 15.3. The lowest BCUT2D eigenvalue weighted by Crippen LogP contribution is -2.42. The van der Waals surface area contributed by atoms with Crippen LogP contribution in [0.4, 0.5) is 0 Å². The van der Waals surface area contributed by atoms with Gasteiger partial charge in [-0.1, -0.05) is 24.1 Å². The fourth-order valence-electron chi connectivity index (χ4n) is 3.65. The molecule has 4 heterocycles. The van der Waals surface area contributed by atoms with E-state index in [1.807, 2.05) is 46.3 Å². The largest absolute Gasteiger partial charge is 0.341 e. The van der Waals surface area contributed by atoms with E-state index in [2.05, 4.69) is 28.0 Å². The second-order valence-corrected chi connectivity index (χ2v) is 7.44. The predicted molar refractivity (Wildman–Crippen MR) is 108 cm³/mol. The maximum Gasteiger partial charge on any atom is 0.237 e. The van der Waals surface area contributed by atoms with Crippen LogP contribution in [0.25, 0.3) is 16.8 Å². The van der Waals surface area contributed by atoms with Crippen molar-refractivity contribution in [1.82, 2.24) is 24.2 Å². The Morgan fingerprint density at radius 3 is 3.11 bits per heavy atom. The van der Waals surface area contributed by atoms with Gasteiger partial charge in [0.25, 0.3) is 0 Å². The highest BCUT2D eigenvalue weighted by atomic mass is 32.2. The highest BCUT2D eigenvalue weighted by Gasteiger charge is 2.25. The number of hydrogen-bond acceptors (Lipinski definition) is 5. The summed E-state index contributed by atoms with van der Waals surface area (Å²) < 4.78 is 4.91. The van der Waals surface area contributed by atoms with Crippen LogP contribution in [0.5, 0.6) is 0 Å². The quantitative estimate of drug-likeness (QED) is 0.689. The van der Waals surface area contributed by atoms with E-state index in [4.69, 9.17) is 4.98 Å². The number of piperidine rings is 1. The average Bonchev–Trinajstić information content (AvgIpc) is 3.16. The van der Waals surface area contributed by atoms with Crippen LogP contribution in [0.2, 0.25) is 0 Å². The number of amides is 1. The number of nitrogens with one attached hydrogen (secondary N) is 1. The van der Waals surface area contributed by atoms with Crippen molar-refractivity contribution in [3.8, 4) is 11.3 Å². The van der Waals surface area contributed by atoms with Crippen molar-refractivity contribution >= 4 is 23.4 Å². The highest BCUT2D eigenvalue weighted by Crippen LogP contribution is 2.29. The average molecular weight is 382 g/mol. The molecule has 0 saturated carbocycles. The van der Waals surface area contributed by atoms with Gasteiger partial charge in [0, 0.05) is 36.5 Å². The number of hydrogen-bond donors (Lipinski definition) is 1. The van der Waals surface area contributed by atoms with Gasteiger partial charge >= 0.3 is 0 Å². The first-order valence-corrected chi connectivity index (χ1v) is 10.4. The molecule has 1 aliphatic heterocycles. The fourth-order valence-corrected chi connectivity index (χ4v) is 3.92. The molecule has 1 aliphatic rings. The minimum atomic E-state index is 0.160. The van der Waals surface area contributed by atoms with Crippen molar-refractivity contribution in [3.63, 3.8) is 0 Å². The van der Waals surface area contributed by atoms with E-state index < -0.39 is 0 Å². The van der Waals surface area contributed by atoms with Gasteiger partial charge in [-0.25, -0.2) is 4.52 Å². The van der Waals surface area contributed by atoms with Crippen molar-refractivity contribution < 1.29 is 4.79 Å². The molecule has 1 amide bonds. The van der Waals surface area contributed by atoms with Crippen molar-refractivity contribution in [1.29, 1.82) is 0 Å². The molecule has 1 atom stereocenters. The van der Waals surface area contributed by atoms with Gasteiger partial charge in [-0.3, -0.25) is 14.5 Å². The molecule has 7 heteroatoms. The summed E-state index contributed by atoms with van der Waals surface area (Å²) in [5.74, 6) is 0.437. The zero-order valence-corrected chi connectivity index (χ0v) is 16.2. The van der Waals surface area contributed by atoms with Gasteiger partial charge < -0.3 is 4.90 Å². The standard InChI is InChI=1S/C20H23N5OS/c1-27-22-13-20(26)24-10-5-6-15(14-24)17-7-4-8-18(23-17)16-12-21-25-11-3-2-9-19(16)25/h2-4,7-9,11-12,15,22H,5-6,10,13-14H2,1H3. The maximum absolute atomic E-state index is 12.4. The van der Waals surface area contributed by atoms with Crippen molar-refractivity contribution in [3.05, 3.63) is 54.5 Å². The molecule has 4 rings (SSSR count). The molecule has 0 radical (unpaired) electrons. The fraction of sp³-hybridized carbons (Fsp3) is 0.350. The second kappa shape index (κ2) is 8.10.